The van der Waals surface area contributed by atoms with Crippen molar-refractivity contribution in [1.29, 1.82) is 0 Å². The van der Waals surface area contributed by atoms with Crippen molar-refractivity contribution in [2.45, 2.75) is 20.3 Å². The predicted molar refractivity (Wildman–Crippen MR) is 122 cm³/mol. The van der Waals surface area contributed by atoms with Crippen LogP contribution < -0.4 is 10.5 Å². The molecule has 2 N–H and O–H groups in total. The molecule has 9 heteroatoms. The zero-order valence-electron chi connectivity index (χ0n) is 18.9. The highest BCUT2D eigenvalue weighted by Crippen LogP contribution is 2.26. The van der Waals surface area contributed by atoms with Gasteiger partial charge in [0.2, 0.25) is 0 Å². The van der Waals surface area contributed by atoms with Gasteiger partial charge in [0, 0.05) is 62.0 Å². The topological polar surface area (TPSA) is 107 Å². The molecule has 0 spiro atoms. The van der Waals surface area contributed by atoms with Gasteiger partial charge in [0.15, 0.2) is 0 Å². The minimum absolute atomic E-state index is 0.129. The maximum Gasteiger partial charge on any atom is 0.339 e. The fourth-order valence-corrected chi connectivity index (χ4v) is 4.08. The fourth-order valence-electron chi connectivity index (χ4n) is 4.08. The van der Waals surface area contributed by atoms with Crippen molar-refractivity contribution in [3.05, 3.63) is 39.7 Å². The average Bonchev–Trinajstić information content (AvgIpc) is 2.79. The maximum absolute atomic E-state index is 12.9. The molecular weight excluding hydrogens is 414 g/mol. The van der Waals surface area contributed by atoms with E-state index in [4.69, 9.17) is 9.15 Å². The van der Waals surface area contributed by atoms with Gasteiger partial charge in [-0.05, 0) is 38.0 Å². The van der Waals surface area contributed by atoms with Crippen molar-refractivity contribution in [1.82, 2.24) is 9.80 Å². The molecule has 2 aromatic rings. The molecule has 1 aliphatic rings. The Morgan fingerprint density at radius 2 is 1.84 bits per heavy atom. The highest BCUT2D eigenvalue weighted by molar-refractivity contribution is 5.95. The Labute approximate surface area is 187 Å². The van der Waals surface area contributed by atoms with Crippen molar-refractivity contribution < 1.29 is 24.2 Å². The first-order valence-electron chi connectivity index (χ1n) is 11.1. The molecular formula is C23H33N3O6. The summed E-state index contributed by atoms with van der Waals surface area (Å²) in [7, 11) is 0. The molecule has 0 atom stereocenters. The molecule has 3 rings (SSSR count). The van der Waals surface area contributed by atoms with Crippen LogP contribution in [0.15, 0.2) is 27.4 Å². The van der Waals surface area contributed by atoms with E-state index < -0.39 is 0 Å². The maximum atomic E-state index is 12.9. The Morgan fingerprint density at radius 1 is 1.16 bits per heavy atom. The molecule has 0 unspecified atom stereocenters. The van der Waals surface area contributed by atoms with Crippen LogP contribution in [0.4, 0.5) is 10.5 Å². The number of anilines is 1. The third-order valence-corrected chi connectivity index (χ3v) is 5.92. The van der Waals surface area contributed by atoms with Crippen molar-refractivity contribution >= 4 is 22.7 Å². The second kappa shape index (κ2) is 11.4. The number of carbonyl (C=O) groups is 1. The summed E-state index contributed by atoms with van der Waals surface area (Å²) in [5.41, 5.74) is 2.25. The molecule has 32 heavy (non-hydrogen) atoms. The standard InChI is InChI=1S/C23H33N3O6/c1-3-26(23(30)25(8-12-27)9-13-28)18-4-5-19-17(2)20(22(29)32-21(19)16-18)6-7-24-10-14-31-15-11-24/h4-5,16,27-28H,3,6-15H2,1-2H3. The predicted octanol–water partition coefficient (Wildman–Crippen LogP) is 1.21. The van der Waals surface area contributed by atoms with Gasteiger partial charge in [0.25, 0.3) is 0 Å². The summed E-state index contributed by atoms with van der Waals surface area (Å²) in [6, 6.07) is 5.08. The monoisotopic (exact) mass is 447 g/mol. The normalized spacial score (nSPS) is 14.6. The van der Waals surface area contributed by atoms with Crippen LogP contribution in [0.2, 0.25) is 0 Å². The first kappa shape index (κ1) is 24.2. The van der Waals surface area contributed by atoms with E-state index in [-0.39, 0.29) is 38.0 Å². The van der Waals surface area contributed by atoms with Crippen LogP contribution >= 0.6 is 0 Å². The Bertz CT molecular complexity index is 964. The summed E-state index contributed by atoms with van der Waals surface area (Å²) in [6.45, 7) is 7.98. The Morgan fingerprint density at radius 3 is 2.47 bits per heavy atom. The molecule has 0 saturated carbocycles. The lowest BCUT2D eigenvalue weighted by Gasteiger charge is -2.29. The van der Waals surface area contributed by atoms with Gasteiger partial charge in [0.1, 0.15) is 5.58 Å². The summed E-state index contributed by atoms with van der Waals surface area (Å²) >= 11 is 0. The number of hydrogen-bond acceptors (Lipinski definition) is 7. The number of hydrogen-bond donors (Lipinski definition) is 2. The third kappa shape index (κ3) is 5.47. The molecule has 2 amide bonds. The van der Waals surface area contributed by atoms with E-state index in [1.807, 2.05) is 26.0 Å². The fraction of sp³-hybridized carbons (Fsp3) is 0.565. The molecule has 1 aromatic heterocycles. The van der Waals surface area contributed by atoms with Crippen molar-refractivity contribution in [3.8, 4) is 0 Å². The van der Waals surface area contributed by atoms with Crippen LogP contribution in [0.5, 0.6) is 0 Å². The molecule has 1 saturated heterocycles. The van der Waals surface area contributed by atoms with Crippen LogP contribution in [0.3, 0.4) is 0 Å². The SMILES string of the molecule is CCN(C(=O)N(CCO)CCO)c1ccc2c(C)c(CCN3CCOCC3)c(=O)oc2c1. The van der Waals surface area contributed by atoms with Gasteiger partial charge in [-0.15, -0.1) is 0 Å². The summed E-state index contributed by atoms with van der Waals surface area (Å²) in [6.07, 6.45) is 0.614. The second-order valence-electron chi connectivity index (χ2n) is 7.84. The van der Waals surface area contributed by atoms with Crippen LogP contribution in [-0.4, -0.2) is 91.7 Å². The molecule has 0 aliphatic carbocycles. The number of urea groups is 1. The summed E-state index contributed by atoms with van der Waals surface area (Å²) in [5, 5.41) is 19.3. The van der Waals surface area contributed by atoms with Gasteiger partial charge >= 0.3 is 11.7 Å². The smallest absolute Gasteiger partial charge is 0.339 e. The quantitative estimate of drug-likeness (QED) is 0.557. The number of fused-ring (bicyclic) bond motifs is 1. The molecule has 1 fully saturated rings. The van der Waals surface area contributed by atoms with Gasteiger partial charge in [-0.3, -0.25) is 9.80 Å². The second-order valence-corrected chi connectivity index (χ2v) is 7.84. The van der Waals surface area contributed by atoms with E-state index in [2.05, 4.69) is 4.90 Å². The third-order valence-electron chi connectivity index (χ3n) is 5.92. The van der Waals surface area contributed by atoms with Crippen molar-refractivity contribution in [3.63, 3.8) is 0 Å². The summed E-state index contributed by atoms with van der Waals surface area (Å²) in [4.78, 5) is 30.9. The molecule has 1 aromatic carbocycles. The number of ether oxygens (including phenoxy) is 1. The Balaban J connectivity index is 1.86. The Kier molecular flexibility index (Phi) is 8.63. The zero-order chi connectivity index (χ0) is 23.1. The molecule has 1 aliphatic heterocycles. The highest BCUT2D eigenvalue weighted by atomic mass is 16.5. The van der Waals surface area contributed by atoms with Crippen LogP contribution in [0, 0.1) is 6.92 Å². The number of benzene rings is 1. The summed E-state index contributed by atoms with van der Waals surface area (Å²) in [5.74, 6) is 0. The van der Waals surface area contributed by atoms with Gasteiger partial charge in [0.05, 0.1) is 26.4 Å². The molecule has 0 bridgehead atoms. The van der Waals surface area contributed by atoms with Crippen LogP contribution in [0.25, 0.3) is 11.0 Å². The van der Waals surface area contributed by atoms with Crippen molar-refractivity contribution in [2.24, 2.45) is 0 Å². The molecule has 2 heterocycles. The first-order chi connectivity index (χ1) is 15.5. The number of morpholine rings is 1. The number of nitrogens with zero attached hydrogens (tertiary/aromatic N) is 3. The number of rotatable bonds is 9. The number of aryl methyl sites for hydroxylation is 1. The van der Waals surface area contributed by atoms with E-state index in [1.54, 1.807) is 6.07 Å². The zero-order valence-corrected chi connectivity index (χ0v) is 18.9. The van der Waals surface area contributed by atoms with E-state index in [1.165, 1.54) is 9.80 Å². The van der Waals surface area contributed by atoms with E-state index >= 15 is 0 Å². The minimum atomic E-state index is -0.350. The van der Waals surface area contributed by atoms with E-state index in [9.17, 15) is 19.8 Å². The van der Waals surface area contributed by atoms with Gasteiger partial charge in [-0.2, -0.15) is 0 Å². The Hall–Kier alpha value is -2.46. The van der Waals surface area contributed by atoms with Crippen LogP contribution in [0.1, 0.15) is 18.1 Å². The van der Waals surface area contributed by atoms with Crippen LogP contribution in [-0.2, 0) is 11.2 Å². The lowest BCUT2D eigenvalue weighted by Crippen LogP contribution is -2.45. The van der Waals surface area contributed by atoms with E-state index in [0.717, 1.165) is 43.8 Å². The number of carbonyl (C=O) groups excluding carboxylic acids is 1. The minimum Gasteiger partial charge on any atom is -0.422 e. The van der Waals surface area contributed by atoms with E-state index in [0.29, 0.717) is 29.8 Å². The number of aliphatic hydroxyl groups is 2. The lowest BCUT2D eigenvalue weighted by atomic mass is 10.0. The van der Waals surface area contributed by atoms with Crippen molar-refractivity contribution in [2.75, 3.05) is 70.6 Å². The van der Waals surface area contributed by atoms with Gasteiger partial charge in [-0.25, -0.2) is 9.59 Å². The van der Waals surface area contributed by atoms with Gasteiger partial charge in [-0.1, -0.05) is 0 Å². The summed E-state index contributed by atoms with van der Waals surface area (Å²) < 4.78 is 11.0. The molecule has 176 valence electrons. The number of aliphatic hydroxyl groups excluding tert-OH is 2. The number of amides is 2. The molecule has 0 radical (unpaired) electrons. The molecule has 9 nitrogen and oxygen atoms in total. The average molecular weight is 448 g/mol. The highest BCUT2D eigenvalue weighted by Gasteiger charge is 2.22. The lowest BCUT2D eigenvalue weighted by molar-refractivity contribution is 0.0383. The largest absolute Gasteiger partial charge is 0.422 e. The first-order valence-corrected chi connectivity index (χ1v) is 11.1. The van der Waals surface area contributed by atoms with Gasteiger partial charge < -0.3 is 24.3 Å².